The van der Waals surface area contributed by atoms with Gasteiger partial charge < -0.3 is 9.64 Å². The lowest BCUT2D eigenvalue weighted by atomic mass is 10.1. The Morgan fingerprint density at radius 3 is 2.46 bits per heavy atom. The Morgan fingerprint density at radius 1 is 1.12 bits per heavy atom. The number of hydrogen-bond acceptors (Lipinski definition) is 5. The van der Waals surface area contributed by atoms with Crippen LogP contribution < -0.4 is 0 Å². The van der Waals surface area contributed by atoms with E-state index in [1.54, 1.807) is 0 Å². The molecule has 3 heterocycles. The summed E-state index contributed by atoms with van der Waals surface area (Å²) in [6.45, 7) is 7.96. The molecule has 5 nitrogen and oxygen atoms in total. The summed E-state index contributed by atoms with van der Waals surface area (Å²) < 4.78 is 5.81. The van der Waals surface area contributed by atoms with Crippen molar-refractivity contribution < 1.29 is 14.3 Å². The molecule has 0 aliphatic carbocycles. The smallest absolute Gasteiger partial charge is 0.277 e. The molecular formula is C20H28N2O3S. The minimum absolute atomic E-state index is 0.0392. The van der Waals surface area contributed by atoms with Crippen LogP contribution >= 0.6 is 11.3 Å². The van der Waals surface area contributed by atoms with Crippen molar-refractivity contribution >= 4 is 28.7 Å². The number of morpholine rings is 1. The number of carbonyl (C=O) groups excluding carboxylic acids is 2. The zero-order chi connectivity index (χ0) is 18.7. The van der Waals surface area contributed by atoms with Gasteiger partial charge in [0.15, 0.2) is 0 Å². The molecule has 0 aromatic carbocycles. The molecule has 1 saturated heterocycles. The first kappa shape index (κ1) is 19.1. The van der Waals surface area contributed by atoms with E-state index in [1.165, 1.54) is 16.2 Å². The van der Waals surface area contributed by atoms with Crippen LogP contribution in [0.25, 0.3) is 5.57 Å². The predicted molar refractivity (Wildman–Crippen MR) is 104 cm³/mol. The summed E-state index contributed by atoms with van der Waals surface area (Å²) in [4.78, 5) is 30.6. The molecule has 1 fully saturated rings. The first-order valence-corrected chi connectivity index (χ1v) is 10.5. The molecule has 2 unspecified atom stereocenters. The molecule has 2 amide bonds. The second-order valence-corrected chi connectivity index (χ2v) is 8.13. The molecule has 0 bridgehead atoms. The fraction of sp³-hybridized carbons (Fsp3) is 0.600. The molecule has 1 aromatic rings. The number of unbranched alkanes of at least 4 members (excludes halogenated alkanes) is 3. The van der Waals surface area contributed by atoms with Gasteiger partial charge in [0.25, 0.3) is 11.8 Å². The Kier molecular flexibility index (Phi) is 6.14. The average molecular weight is 377 g/mol. The van der Waals surface area contributed by atoms with E-state index >= 15 is 0 Å². The van der Waals surface area contributed by atoms with Crippen molar-refractivity contribution in [2.75, 3.05) is 19.6 Å². The van der Waals surface area contributed by atoms with Gasteiger partial charge in [-0.15, -0.1) is 11.3 Å². The van der Waals surface area contributed by atoms with Crippen LogP contribution in [0.5, 0.6) is 0 Å². The van der Waals surface area contributed by atoms with Crippen molar-refractivity contribution in [2.24, 2.45) is 0 Å². The molecule has 2 atom stereocenters. The summed E-state index contributed by atoms with van der Waals surface area (Å²) in [5, 5.41) is 1.95. The largest absolute Gasteiger partial charge is 0.372 e. The van der Waals surface area contributed by atoms with Gasteiger partial charge in [-0.1, -0.05) is 32.3 Å². The van der Waals surface area contributed by atoms with Crippen LogP contribution in [0.15, 0.2) is 23.2 Å². The van der Waals surface area contributed by atoms with Gasteiger partial charge in [0.05, 0.1) is 17.8 Å². The summed E-state index contributed by atoms with van der Waals surface area (Å²) in [7, 11) is 0. The van der Waals surface area contributed by atoms with Gasteiger partial charge in [-0.2, -0.15) is 0 Å². The molecular weight excluding hydrogens is 348 g/mol. The normalized spacial score (nSPS) is 24.1. The van der Waals surface area contributed by atoms with E-state index in [4.69, 9.17) is 4.74 Å². The maximum absolute atomic E-state index is 13.2. The zero-order valence-electron chi connectivity index (χ0n) is 15.9. The van der Waals surface area contributed by atoms with Gasteiger partial charge in [-0.05, 0) is 31.7 Å². The molecule has 0 spiro atoms. The summed E-state index contributed by atoms with van der Waals surface area (Å²) in [5.74, 6) is -0.285. The van der Waals surface area contributed by atoms with E-state index in [9.17, 15) is 9.59 Å². The monoisotopic (exact) mass is 376 g/mol. The minimum atomic E-state index is -0.143. The van der Waals surface area contributed by atoms with Crippen molar-refractivity contribution in [1.29, 1.82) is 0 Å². The van der Waals surface area contributed by atoms with Gasteiger partial charge in [-0.3, -0.25) is 14.5 Å². The molecule has 0 N–H and O–H groups in total. The van der Waals surface area contributed by atoms with Crippen LogP contribution in [-0.4, -0.2) is 53.5 Å². The maximum Gasteiger partial charge on any atom is 0.277 e. The second-order valence-electron chi connectivity index (χ2n) is 7.19. The highest BCUT2D eigenvalue weighted by Gasteiger charge is 2.43. The molecule has 0 radical (unpaired) electrons. The van der Waals surface area contributed by atoms with Gasteiger partial charge in [-0.25, -0.2) is 0 Å². The van der Waals surface area contributed by atoms with Crippen molar-refractivity contribution in [3.8, 4) is 0 Å². The predicted octanol–water partition coefficient (Wildman–Crippen LogP) is 3.52. The number of imide groups is 1. The van der Waals surface area contributed by atoms with Crippen molar-refractivity contribution in [1.82, 2.24) is 9.80 Å². The number of ether oxygens (including phenoxy) is 1. The van der Waals surface area contributed by atoms with Crippen LogP contribution in [0.4, 0.5) is 0 Å². The van der Waals surface area contributed by atoms with Gasteiger partial charge in [0, 0.05) is 24.5 Å². The molecule has 2 aliphatic heterocycles. The van der Waals surface area contributed by atoms with E-state index in [0.29, 0.717) is 30.9 Å². The molecule has 0 saturated carbocycles. The Labute approximate surface area is 159 Å². The number of thiophene rings is 1. The van der Waals surface area contributed by atoms with Crippen molar-refractivity contribution in [2.45, 2.75) is 58.7 Å². The number of rotatable bonds is 7. The zero-order valence-corrected chi connectivity index (χ0v) is 16.7. The summed E-state index contributed by atoms with van der Waals surface area (Å²) in [6.07, 6.45) is 4.26. The Morgan fingerprint density at radius 2 is 1.85 bits per heavy atom. The number of nitrogens with zero attached hydrogens (tertiary/aromatic N) is 2. The van der Waals surface area contributed by atoms with E-state index < -0.39 is 0 Å². The third-order valence-corrected chi connectivity index (χ3v) is 5.77. The van der Waals surface area contributed by atoms with Crippen LogP contribution in [0.3, 0.4) is 0 Å². The highest BCUT2D eigenvalue weighted by molar-refractivity contribution is 7.11. The fourth-order valence-corrected chi connectivity index (χ4v) is 4.52. The highest BCUT2D eigenvalue weighted by Crippen LogP contribution is 2.35. The average Bonchev–Trinajstić information content (AvgIpc) is 3.18. The summed E-state index contributed by atoms with van der Waals surface area (Å²) in [6, 6.07) is 3.86. The quantitative estimate of drug-likeness (QED) is 0.540. The lowest BCUT2D eigenvalue weighted by Crippen LogP contribution is -2.47. The molecule has 3 rings (SSSR count). The van der Waals surface area contributed by atoms with E-state index in [2.05, 4.69) is 11.8 Å². The molecule has 6 heteroatoms. The lowest BCUT2D eigenvalue weighted by Gasteiger charge is -2.37. The van der Waals surface area contributed by atoms with Crippen molar-refractivity contribution in [3.05, 3.63) is 28.1 Å². The minimum Gasteiger partial charge on any atom is -0.372 e. The Bertz CT molecular complexity index is 673. The molecule has 142 valence electrons. The van der Waals surface area contributed by atoms with E-state index in [-0.39, 0.29) is 24.0 Å². The SMILES string of the molecule is CCCCCCN1C(=O)C(c2cccs2)=C(N2CC(C)OC(C)C2)C1=O. The Balaban J connectivity index is 1.88. The molecule has 2 aliphatic rings. The highest BCUT2D eigenvalue weighted by atomic mass is 32.1. The maximum atomic E-state index is 13.2. The lowest BCUT2D eigenvalue weighted by molar-refractivity contribution is -0.138. The third kappa shape index (κ3) is 3.86. The molecule has 1 aromatic heterocycles. The number of carbonyl (C=O) groups is 2. The number of hydrogen-bond donors (Lipinski definition) is 0. The van der Waals surface area contributed by atoms with E-state index in [1.807, 2.05) is 31.4 Å². The second kappa shape index (κ2) is 8.35. The first-order chi connectivity index (χ1) is 12.5. The Hall–Kier alpha value is -1.66. The molecule has 26 heavy (non-hydrogen) atoms. The van der Waals surface area contributed by atoms with Crippen LogP contribution in [0.2, 0.25) is 0 Å². The van der Waals surface area contributed by atoms with E-state index in [0.717, 1.165) is 30.6 Å². The van der Waals surface area contributed by atoms with Crippen LogP contribution in [0, 0.1) is 0 Å². The van der Waals surface area contributed by atoms with Gasteiger partial charge in [0.2, 0.25) is 0 Å². The fourth-order valence-electron chi connectivity index (χ4n) is 3.76. The van der Waals surface area contributed by atoms with Gasteiger partial charge in [0.1, 0.15) is 5.70 Å². The topological polar surface area (TPSA) is 49.9 Å². The summed E-state index contributed by atoms with van der Waals surface area (Å²) in [5.41, 5.74) is 1.14. The van der Waals surface area contributed by atoms with Crippen LogP contribution in [0.1, 0.15) is 51.3 Å². The first-order valence-electron chi connectivity index (χ1n) is 9.57. The standard InChI is InChI=1S/C20H28N2O3S/c1-4-5-6-7-10-22-19(23)17(16-9-8-11-26-16)18(20(22)24)21-12-14(2)25-15(3)13-21/h8-9,11,14-15H,4-7,10,12-13H2,1-3H3. The van der Waals surface area contributed by atoms with Gasteiger partial charge >= 0.3 is 0 Å². The third-order valence-electron chi connectivity index (χ3n) is 4.88. The number of amides is 2. The van der Waals surface area contributed by atoms with Crippen LogP contribution in [-0.2, 0) is 14.3 Å². The van der Waals surface area contributed by atoms with Crippen molar-refractivity contribution in [3.63, 3.8) is 0 Å². The summed E-state index contributed by atoms with van der Waals surface area (Å²) >= 11 is 1.51.